The van der Waals surface area contributed by atoms with E-state index in [4.69, 9.17) is 4.52 Å². The molecule has 0 bridgehead atoms. The van der Waals surface area contributed by atoms with E-state index in [-0.39, 0.29) is 23.8 Å². The molecule has 1 saturated heterocycles. The summed E-state index contributed by atoms with van der Waals surface area (Å²) in [5, 5.41) is 6.48. The molecule has 3 rings (SSSR count). The molecule has 0 atom stereocenters. The third kappa shape index (κ3) is 4.98. The standard InChI is InChI=1S/C21H28N4O3/c1-15-13-18(23-28-15)22-19(26)14-24-9-11-25(12-10-24)20(27)16-5-7-17(8-6-16)21(2,3)4/h5-8,13H,9-12,14H2,1-4H3,(H,22,23,26). The third-order valence-electron chi connectivity index (χ3n) is 4.92. The van der Waals surface area contributed by atoms with E-state index in [0.717, 1.165) is 0 Å². The van der Waals surface area contributed by atoms with Crippen LogP contribution in [-0.4, -0.2) is 59.5 Å². The highest BCUT2D eigenvalue weighted by Gasteiger charge is 2.24. The summed E-state index contributed by atoms with van der Waals surface area (Å²) in [4.78, 5) is 28.8. The summed E-state index contributed by atoms with van der Waals surface area (Å²) in [5.74, 6) is 0.987. The fraction of sp³-hybridized carbons (Fsp3) is 0.476. The molecule has 7 heteroatoms. The van der Waals surface area contributed by atoms with Crippen LogP contribution in [0.2, 0.25) is 0 Å². The molecule has 2 aromatic rings. The van der Waals surface area contributed by atoms with Crippen molar-refractivity contribution in [3.63, 3.8) is 0 Å². The van der Waals surface area contributed by atoms with Crippen LogP contribution < -0.4 is 5.32 Å². The van der Waals surface area contributed by atoms with Crippen molar-refractivity contribution < 1.29 is 14.1 Å². The predicted molar refractivity (Wildman–Crippen MR) is 107 cm³/mol. The lowest BCUT2D eigenvalue weighted by molar-refractivity contribution is -0.117. The van der Waals surface area contributed by atoms with E-state index >= 15 is 0 Å². The van der Waals surface area contributed by atoms with Gasteiger partial charge in [-0.3, -0.25) is 14.5 Å². The van der Waals surface area contributed by atoms with Crippen LogP contribution >= 0.6 is 0 Å². The molecule has 0 radical (unpaired) electrons. The van der Waals surface area contributed by atoms with Crippen molar-refractivity contribution in [1.82, 2.24) is 15.0 Å². The van der Waals surface area contributed by atoms with Gasteiger partial charge in [-0.2, -0.15) is 0 Å². The molecule has 1 aromatic heterocycles. The van der Waals surface area contributed by atoms with Gasteiger partial charge in [0.25, 0.3) is 5.91 Å². The summed E-state index contributed by atoms with van der Waals surface area (Å²) in [6.45, 7) is 11.1. The van der Waals surface area contributed by atoms with Crippen LogP contribution in [0.25, 0.3) is 0 Å². The van der Waals surface area contributed by atoms with Gasteiger partial charge >= 0.3 is 0 Å². The minimum atomic E-state index is -0.133. The molecule has 0 spiro atoms. The number of piperazine rings is 1. The molecular weight excluding hydrogens is 356 g/mol. The summed E-state index contributed by atoms with van der Waals surface area (Å²) < 4.78 is 4.94. The molecule has 1 aromatic carbocycles. The molecule has 0 aliphatic carbocycles. The molecule has 2 amide bonds. The predicted octanol–water partition coefficient (Wildman–Crippen LogP) is 2.68. The minimum absolute atomic E-state index is 0.0441. The molecule has 1 N–H and O–H groups in total. The molecule has 150 valence electrons. The van der Waals surface area contributed by atoms with E-state index in [0.29, 0.717) is 43.3 Å². The fourth-order valence-corrected chi connectivity index (χ4v) is 3.22. The Morgan fingerprint density at radius 3 is 2.29 bits per heavy atom. The number of carbonyl (C=O) groups excluding carboxylic acids is 2. The molecule has 0 unspecified atom stereocenters. The molecule has 1 aliphatic rings. The Bertz CT molecular complexity index is 828. The molecule has 1 fully saturated rings. The van der Waals surface area contributed by atoms with Crippen molar-refractivity contribution in [2.75, 3.05) is 38.0 Å². The second kappa shape index (κ2) is 8.14. The Kier molecular flexibility index (Phi) is 5.84. The Morgan fingerprint density at radius 2 is 1.75 bits per heavy atom. The first-order chi connectivity index (χ1) is 13.2. The van der Waals surface area contributed by atoms with E-state index in [1.165, 1.54) is 5.56 Å². The molecule has 0 saturated carbocycles. The SMILES string of the molecule is Cc1cc(NC(=O)CN2CCN(C(=O)c3ccc(C(C)(C)C)cc3)CC2)no1. The van der Waals surface area contributed by atoms with Gasteiger partial charge in [0.15, 0.2) is 5.82 Å². The number of nitrogens with zero attached hydrogens (tertiary/aromatic N) is 3. The summed E-state index contributed by atoms with van der Waals surface area (Å²) in [7, 11) is 0. The maximum Gasteiger partial charge on any atom is 0.253 e. The Balaban J connectivity index is 1.49. The summed E-state index contributed by atoms with van der Waals surface area (Å²) in [6.07, 6.45) is 0. The average Bonchev–Trinajstić information content (AvgIpc) is 3.05. The van der Waals surface area contributed by atoms with Crippen LogP contribution in [0, 0.1) is 6.92 Å². The van der Waals surface area contributed by atoms with E-state index in [9.17, 15) is 9.59 Å². The van der Waals surface area contributed by atoms with Crippen LogP contribution in [0.15, 0.2) is 34.9 Å². The third-order valence-corrected chi connectivity index (χ3v) is 4.92. The van der Waals surface area contributed by atoms with Crippen LogP contribution in [-0.2, 0) is 10.2 Å². The largest absolute Gasteiger partial charge is 0.360 e. The van der Waals surface area contributed by atoms with Crippen LogP contribution in [0.1, 0.15) is 42.5 Å². The van der Waals surface area contributed by atoms with Gasteiger partial charge in [-0.1, -0.05) is 38.1 Å². The number of aryl methyl sites for hydroxylation is 1. The highest BCUT2D eigenvalue weighted by Crippen LogP contribution is 2.22. The number of anilines is 1. The van der Waals surface area contributed by atoms with Crippen LogP contribution in [0.3, 0.4) is 0 Å². The first-order valence-corrected chi connectivity index (χ1v) is 9.58. The maximum atomic E-state index is 12.7. The number of amides is 2. The molecule has 2 heterocycles. The van der Waals surface area contributed by atoms with Gasteiger partial charge in [-0.15, -0.1) is 0 Å². The zero-order valence-corrected chi connectivity index (χ0v) is 17.0. The van der Waals surface area contributed by atoms with Gasteiger partial charge in [0.2, 0.25) is 5.91 Å². The van der Waals surface area contributed by atoms with Gasteiger partial charge in [-0.05, 0) is 30.0 Å². The van der Waals surface area contributed by atoms with E-state index in [1.54, 1.807) is 13.0 Å². The number of carbonyl (C=O) groups is 2. The molecular formula is C21H28N4O3. The fourth-order valence-electron chi connectivity index (χ4n) is 3.22. The monoisotopic (exact) mass is 384 g/mol. The van der Waals surface area contributed by atoms with E-state index in [2.05, 4.69) is 31.2 Å². The van der Waals surface area contributed by atoms with Crippen molar-refractivity contribution in [1.29, 1.82) is 0 Å². The molecule has 28 heavy (non-hydrogen) atoms. The van der Waals surface area contributed by atoms with Gasteiger partial charge in [0, 0.05) is 37.8 Å². The van der Waals surface area contributed by atoms with Crippen molar-refractivity contribution in [3.8, 4) is 0 Å². The van der Waals surface area contributed by atoms with Gasteiger partial charge in [0.1, 0.15) is 5.76 Å². The zero-order chi connectivity index (χ0) is 20.3. The van der Waals surface area contributed by atoms with Crippen LogP contribution in [0.5, 0.6) is 0 Å². The highest BCUT2D eigenvalue weighted by molar-refractivity contribution is 5.94. The average molecular weight is 384 g/mol. The number of hydrogen-bond acceptors (Lipinski definition) is 5. The summed E-state index contributed by atoms with van der Waals surface area (Å²) in [6, 6.07) is 9.55. The molecule has 1 aliphatic heterocycles. The van der Waals surface area contributed by atoms with Crippen molar-refractivity contribution >= 4 is 17.6 Å². The lowest BCUT2D eigenvalue weighted by Gasteiger charge is -2.34. The zero-order valence-electron chi connectivity index (χ0n) is 17.0. The number of aromatic nitrogens is 1. The summed E-state index contributed by atoms with van der Waals surface area (Å²) in [5.41, 5.74) is 1.99. The Labute approximate surface area is 165 Å². The Morgan fingerprint density at radius 1 is 1.11 bits per heavy atom. The maximum absolute atomic E-state index is 12.7. The highest BCUT2D eigenvalue weighted by atomic mass is 16.5. The van der Waals surface area contributed by atoms with Crippen molar-refractivity contribution in [2.24, 2.45) is 0 Å². The van der Waals surface area contributed by atoms with Gasteiger partial charge in [0.05, 0.1) is 6.54 Å². The lowest BCUT2D eigenvalue weighted by atomic mass is 9.86. The van der Waals surface area contributed by atoms with Crippen LogP contribution in [0.4, 0.5) is 5.82 Å². The van der Waals surface area contributed by atoms with Gasteiger partial charge < -0.3 is 14.7 Å². The van der Waals surface area contributed by atoms with E-state index < -0.39 is 0 Å². The first kappa shape index (κ1) is 20.1. The normalized spacial score (nSPS) is 15.5. The second-order valence-corrected chi connectivity index (χ2v) is 8.27. The quantitative estimate of drug-likeness (QED) is 0.877. The molecule has 7 nitrogen and oxygen atoms in total. The smallest absolute Gasteiger partial charge is 0.253 e. The topological polar surface area (TPSA) is 78.7 Å². The number of hydrogen-bond donors (Lipinski definition) is 1. The summed E-state index contributed by atoms with van der Waals surface area (Å²) >= 11 is 0. The number of rotatable bonds is 4. The number of nitrogens with one attached hydrogen (secondary N) is 1. The lowest BCUT2D eigenvalue weighted by Crippen LogP contribution is -2.50. The number of benzene rings is 1. The second-order valence-electron chi connectivity index (χ2n) is 8.27. The van der Waals surface area contributed by atoms with Gasteiger partial charge in [-0.25, -0.2) is 0 Å². The van der Waals surface area contributed by atoms with Crippen molar-refractivity contribution in [2.45, 2.75) is 33.1 Å². The Hall–Kier alpha value is -2.67. The minimum Gasteiger partial charge on any atom is -0.360 e. The first-order valence-electron chi connectivity index (χ1n) is 9.58. The van der Waals surface area contributed by atoms with E-state index in [1.807, 2.05) is 34.1 Å². The van der Waals surface area contributed by atoms with Crippen molar-refractivity contribution in [3.05, 3.63) is 47.2 Å².